The quantitative estimate of drug-likeness (QED) is 0.883. The lowest BCUT2D eigenvalue weighted by Gasteiger charge is -2.24. The smallest absolute Gasteiger partial charge is 0.0687 e. The molecule has 0 atom stereocenters. The Hall–Kier alpha value is -1.09. The molecule has 0 saturated carbocycles. The van der Waals surface area contributed by atoms with Crippen LogP contribution in [0.15, 0.2) is 36.4 Å². The Balaban J connectivity index is 0.00000133. The molecule has 0 radical (unpaired) electrons. The molecule has 1 saturated heterocycles. The summed E-state index contributed by atoms with van der Waals surface area (Å²) in [7, 11) is 0. The van der Waals surface area contributed by atoms with Gasteiger partial charge in [-0.15, -0.1) is 12.4 Å². The van der Waals surface area contributed by atoms with E-state index in [4.69, 9.17) is 0 Å². The highest BCUT2D eigenvalue weighted by Gasteiger charge is 2.17. The van der Waals surface area contributed by atoms with Crippen LogP contribution in [0.3, 0.4) is 0 Å². The summed E-state index contributed by atoms with van der Waals surface area (Å²) >= 11 is 0. The number of benzene rings is 2. The molecule has 2 aromatic carbocycles. The second kappa shape index (κ2) is 6.38. The summed E-state index contributed by atoms with van der Waals surface area (Å²) in [5, 5.41) is 15.4. The van der Waals surface area contributed by atoms with Gasteiger partial charge in [0, 0.05) is 0 Å². The van der Waals surface area contributed by atoms with Crippen LogP contribution in [0.5, 0.6) is 0 Å². The number of halogens is 1. The van der Waals surface area contributed by atoms with Gasteiger partial charge >= 0.3 is 0 Å². The summed E-state index contributed by atoms with van der Waals surface area (Å²) in [6.07, 6.45) is 2.42. The third-order valence-corrected chi connectivity index (χ3v) is 4.00. The van der Waals surface area contributed by atoms with Crippen molar-refractivity contribution in [3.05, 3.63) is 47.5 Å². The summed E-state index contributed by atoms with van der Waals surface area (Å²) in [6, 6.07) is 12.7. The molecule has 19 heavy (non-hydrogen) atoms. The molecular weight excluding hydrogens is 258 g/mol. The Morgan fingerprint density at radius 3 is 2.42 bits per heavy atom. The van der Waals surface area contributed by atoms with Crippen molar-refractivity contribution in [1.82, 2.24) is 5.32 Å². The zero-order valence-electron chi connectivity index (χ0n) is 10.9. The average Bonchev–Trinajstić information content (AvgIpc) is 2.47. The first-order valence-electron chi connectivity index (χ1n) is 6.72. The van der Waals surface area contributed by atoms with Crippen molar-refractivity contribution >= 4 is 23.2 Å². The number of aliphatic hydroxyl groups is 1. The predicted octanol–water partition coefficient (Wildman–Crippen LogP) is 3.22. The molecule has 2 aromatic rings. The van der Waals surface area contributed by atoms with E-state index in [1.165, 1.54) is 29.2 Å². The summed E-state index contributed by atoms with van der Waals surface area (Å²) < 4.78 is 0. The maximum Gasteiger partial charge on any atom is 0.0687 e. The third-order valence-electron chi connectivity index (χ3n) is 4.00. The van der Waals surface area contributed by atoms with E-state index in [9.17, 15) is 5.11 Å². The van der Waals surface area contributed by atoms with Gasteiger partial charge in [0.25, 0.3) is 0 Å². The first-order chi connectivity index (χ1) is 8.90. The minimum Gasteiger partial charge on any atom is -0.392 e. The Kier molecular flexibility index (Phi) is 4.81. The van der Waals surface area contributed by atoms with Crippen LogP contribution >= 0.6 is 12.4 Å². The van der Waals surface area contributed by atoms with Gasteiger partial charge in [0.2, 0.25) is 0 Å². The normalized spacial score (nSPS) is 16.3. The molecule has 0 aliphatic carbocycles. The molecule has 3 heteroatoms. The fraction of sp³-hybridized carbons (Fsp3) is 0.375. The molecule has 0 unspecified atom stereocenters. The lowest BCUT2D eigenvalue weighted by atomic mass is 9.86. The molecule has 1 heterocycles. The Bertz CT molecular complexity index is 549. The van der Waals surface area contributed by atoms with Gasteiger partial charge in [-0.3, -0.25) is 0 Å². The fourth-order valence-corrected chi connectivity index (χ4v) is 3.03. The largest absolute Gasteiger partial charge is 0.392 e. The van der Waals surface area contributed by atoms with E-state index in [1.54, 1.807) is 0 Å². The molecule has 1 fully saturated rings. The van der Waals surface area contributed by atoms with Gasteiger partial charge in [0.1, 0.15) is 0 Å². The summed E-state index contributed by atoms with van der Waals surface area (Å²) in [6.45, 7) is 2.34. The monoisotopic (exact) mass is 277 g/mol. The van der Waals surface area contributed by atoms with Gasteiger partial charge < -0.3 is 10.4 Å². The molecule has 1 aliphatic rings. The molecule has 0 bridgehead atoms. The molecular formula is C16H20ClNO. The summed E-state index contributed by atoms with van der Waals surface area (Å²) in [4.78, 5) is 0. The highest BCUT2D eigenvalue weighted by molar-refractivity contribution is 5.89. The lowest BCUT2D eigenvalue weighted by Crippen LogP contribution is -2.26. The minimum absolute atomic E-state index is 0. The zero-order valence-corrected chi connectivity index (χ0v) is 11.7. The lowest BCUT2D eigenvalue weighted by molar-refractivity contribution is 0.283. The number of nitrogens with one attached hydrogen (secondary N) is 1. The summed E-state index contributed by atoms with van der Waals surface area (Å²) in [5.74, 6) is 0.656. The SMILES string of the molecule is Cl.OCc1cccc2c(C3CCNCC3)cccc12. The van der Waals surface area contributed by atoms with Crippen molar-refractivity contribution in [3.63, 3.8) is 0 Å². The van der Waals surface area contributed by atoms with E-state index in [0.29, 0.717) is 5.92 Å². The molecule has 0 amide bonds. The van der Waals surface area contributed by atoms with E-state index < -0.39 is 0 Å². The number of aliphatic hydroxyl groups excluding tert-OH is 1. The molecule has 0 aromatic heterocycles. The maximum atomic E-state index is 9.43. The van der Waals surface area contributed by atoms with Crippen molar-refractivity contribution in [3.8, 4) is 0 Å². The van der Waals surface area contributed by atoms with Crippen LogP contribution in [-0.4, -0.2) is 18.2 Å². The summed E-state index contributed by atoms with van der Waals surface area (Å²) in [5.41, 5.74) is 2.48. The molecule has 102 valence electrons. The topological polar surface area (TPSA) is 32.3 Å². The molecule has 2 nitrogen and oxygen atoms in total. The number of hydrogen-bond donors (Lipinski definition) is 2. The van der Waals surface area contributed by atoms with Crippen LogP contribution in [-0.2, 0) is 6.61 Å². The highest BCUT2D eigenvalue weighted by atomic mass is 35.5. The van der Waals surface area contributed by atoms with Crippen molar-refractivity contribution in [2.24, 2.45) is 0 Å². The van der Waals surface area contributed by atoms with Gasteiger partial charge in [-0.2, -0.15) is 0 Å². The van der Waals surface area contributed by atoms with Gasteiger partial charge in [0.15, 0.2) is 0 Å². The molecule has 1 aliphatic heterocycles. The average molecular weight is 278 g/mol. The van der Waals surface area contributed by atoms with E-state index in [1.807, 2.05) is 6.07 Å². The van der Waals surface area contributed by atoms with E-state index in [0.717, 1.165) is 18.7 Å². The third kappa shape index (κ3) is 2.76. The highest BCUT2D eigenvalue weighted by Crippen LogP contribution is 2.32. The molecule has 0 spiro atoms. The van der Waals surface area contributed by atoms with Crippen LogP contribution in [0.25, 0.3) is 10.8 Å². The first kappa shape index (κ1) is 14.3. The van der Waals surface area contributed by atoms with Crippen LogP contribution < -0.4 is 5.32 Å². The van der Waals surface area contributed by atoms with Gasteiger partial charge in [-0.25, -0.2) is 0 Å². The van der Waals surface area contributed by atoms with Crippen molar-refractivity contribution in [2.75, 3.05) is 13.1 Å². The van der Waals surface area contributed by atoms with Gasteiger partial charge in [-0.1, -0.05) is 36.4 Å². The first-order valence-corrected chi connectivity index (χ1v) is 6.72. The van der Waals surface area contributed by atoms with Gasteiger partial charge in [-0.05, 0) is 53.7 Å². The van der Waals surface area contributed by atoms with E-state index in [-0.39, 0.29) is 19.0 Å². The minimum atomic E-state index is 0. The Labute approximate surface area is 120 Å². The second-order valence-electron chi connectivity index (χ2n) is 5.04. The molecule has 2 N–H and O–H groups in total. The van der Waals surface area contributed by atoms with Crippen molar-refractivity contribution < 1.29 is 5.11 Å². The zero-order chi connectivity index (χ0) is 12.4. The number of hydrogen-bond acceptors (Lipinski definition) is 2. The number of piperidine rings is 1. The Morgan fingerprint density at radius 1 is 1.00 bits per heavy atom. The van der Waals surface area contributed by atoms with Crippen LogP contribution in [0.1, 0.15) is 29.9 Å². The van der Waals surface area contributed by atoms with Crippen LogP contribution in [0.4, 0.5) is 0 Å². The van der Waals surface area contributed by atoms with Crippen LogP contribution in [0, 0.1) is 0 Å². The van der Waals surface area contributed by atoms with E-state index >= 15 is 0 Å². The Morgan fingerprint density at radius 2 is 1.68 bits per heavy atom. The fourth-order valence-electron chi connectivity index (χ4n) is 3.03. The number of rotatable bonds is 2. The van der Waals surface area contributed by atoms with Gasteiger partial charge in [0.05, 0.1) is 6.61 Å². The standard InChI is InChI=1S/C16H19NO.ClH/c18-11-13-3-1-6-16-14(4-2-5-15(13)16)12-7-9-17-10-8-12;/h1-6,12,17-18H,7-11H2;1H. The number of fused-ring (bicyclic) bond motifs is 1. The molecule has 3 rings (SSSR count). The van der Waals surface area contributed by atoms with E-state index in [2.05, 4.69) is 35.6 Å². The van der Waals surface area contributed by atoms with Crippen LogP contribution in [0.2, 0.25) is 0 Å². The maximum absolute atomic E-state index is 9.43. The predicted molar refractivity (Wildman–Crippen MR) is 82.0 cm³/mol. The second-order valence-corrected chi connectivity index (χ2v) is 5.04. The van der Waals surface area contributed by atoms with Crippen molar-refractivity contribution in [1.29, 1.82) is 0 Å². The van der Waals surface area contributed by atoms with Crippen molar-refractivity contribution in [2.45, 2.75) is 25.4 Å².